The van der Waals surface area contributed by atoms with E-state index < -0.39 is 17.2 Å². The molecular formula is C20H19N5O3. The number of H-pyrrole nitrogens is 1. The number of amides is 1. The molecule has 0 spiro atoms. The third-order valence-electron chi connectivity index (χ3n) is 4.56. The fourth-order valence-electron chi connectivity index (χ4n) is 3.33. The van der Waals surface area contributed by atoms with Gasteiger partial charge in [-0.25, -0.2) is 9.78 Å². The number of hydrogen-bond acceptors (Lipinski definition) is 4. The molecule has 4 rings (SSSR count). The molecule has 2 N–H and O–H groups in total. The number of nitrogens with zero attached hydrogens (tertiary/aromatic N) is 3. The molecule has 8 nitrogen and oxygen atoms in total. The molecule has 2 heterocycles. The van der Waals surface area contributed by atoms with Crippen LogP contribution >= 0.6 is 0 Å². The van der Waals surface area contributed by atoms with E-state index in [1.165, 1.54) is 4.57 Å². The van der Waals surface area contributed by atoms with Gasteiger partial charge in [-0.3, -0.25) is 24.5 Å². The van der Waals surface area contributed by atoms with E-state index in [4.69, 9.17) is 0 Å². The van der Waals surface area contributed by atoms with Gasteiger partial charge >= 0.3 is 5.69 Å². The third-order valence-corrected chi connectivity index (χ3v) is 4.56. The Hall–Kier alpha value is -3.68. The lowest BCUT2D eigenvalue weighted by Crippen LogP contribution is -2.34. The summed E-state index contributed by atoms with van der Waals surface area (Å²) in [6, 6.07) is 14.3. The van der Waals surface area contributed by atoms with Crippen LogP contribution in [0.25, 0.3) is 21.9 Å². The highest BCUT2D eigenvalue weighted by molar-refractivity contribution is 5.92. The SMILES string of the molecule is CCCn1c(NC(=O)Cn2c(=O)[nH]c(=O)c3ccccc32)nc2ccccc21. The lowest BCUT2D eigenvalue weighted by Gasteiger charge is -2.11. The Kier molecular flexibility index (Phi) is 4.52. The number of aryl methyl sites for hydroxylation is 1. The lowest BCUT2D eigenvalue weighted by atomic mass is 10.2. The zero-order valence-corrected chi connectivity index (χ0v) is 15.3. The quantitative estimate of drug-likeness (QED) is 0.556. The van der Waals surface area contributed by atoms with Gasteiger partial charge in [-0.2, -0.15) is 0 Å². The van der Waals surface area contributed by atoms with Crippen molar-refractivity contribution in [3.8, 4) is 0 Å². The number of anilines is 1. The second kappa shape index (κ2) is 7.15. The Morgan fingerprint density at radius 1 is 1.04 bits per heavy atom. The Labute approximate surface area is 159 Å². The summed E-state index contributed by atoms with van der Waals surface area (Å²) in [7, 11) is 0. The molecule has 0 radical (unpaired) electrons. The van der Waals surface area contributed by atoms with Crippen LogP contribution in [0, 0.1) is 0 Å². The van der Waals surface area contributed by atoms with Crippen molar-refractivity contribution >= 4 is 33.8 Å². The monoisotopic (exact) mass is 377 g/mol. The molecule has 0 aliphatic rings. The fraction of sp³-hybridized carbons (Fsp3) is 0.200. The molecule has 2 aromatic heterocycles. The number of aromatic amines is 1. The predicted molar refractivity (Wildman–Crippen MR) is 107 cm³/mol. The zero-order valence-electron chi connectivity index (χ0n) is 15.3. The van der Waals surface area contributed by atoms with Crippen LogP contribution in [0.1, 0.15) is 13.3 Å². The molecule has 0 bridgehead atoms. The standard InChI is InChI=1S/C20H19N5O3/c1-2-11-24-16-10-6-4-8-14(16)21-19(24)22-17(26)12-25-15-9-5-3-7-13(15)18(27)23-20(25)28/h3-10H,2,11-12H2,1H3,(H,21,22,26)(H,23,27,28). The summed E-state index contributed by atoms with van der Waals surface area (Å²) < 4.78 is 3.19. The number of para-hydroxylation sites is 3. The number of fused-ring (bicyclic) bond motifs is 2. The first-order valence-corrected chi connectivity index (χ1v) is 9.05. The maximum atomic E-state index is 12.7. The summed E-state index contributed by atoms with van der Waals surface area (Å²) in [5.41, 5.74) is 1.04. The summed E-state index contributed by atoms with van der Waals surface area (Å²) in [5, 5.41) is 3.16. The molecule has 0 unspecified atom stereocenters. The fourth-order valence-corrected chi connectivity index (χ4v) is 3.33. The van der Waals surface area contributed by atoms with Gasteiger partial charge in [0.05, 0.1) is 21.9 Å². The highest BCUT2D eigenvalue weighted by Gasteiger charge is 2.15. The van der Waals surface area contributed by atoms with Crippen molar-refractivity contribution in [2.75, 3.05) is 5.32 Å². The normalized spacial score (nSPS) is 11.2. The summed E-state index contributed by atoms with van der Waals surface area (Å²) >= 11 is 0. The Balaban J connectivity index is 1.69. The third kappa shape index (κ3) is 3.09. The van der Waals surface area contributed by atoms with E-state index in [9.17, 15) is 14.4 Å². The molecule has 28 heavy (non-hydrogen) atoms. The molecule has 0 saturated carbocycles. The molecule has 4 aromatic rings. The molecule has 142 valence electrons. The van der Waals surface area contributed by atoms with Crippen LogP contribution in [0.5, 0.6) is 0 Å². The molecular weight excluding hydrogens is 358 g/mol. The van der Waals surface area contributed by atoms with Gasteiger partial charge in [0.25, 0.3) is 5.56 Å². The van der Waals surface area contributed by atoms with Gasteiger partial charge in [-0.05, 0) is 30.7 Å². The number of carbonyl (C=O) groups is 1. The number of aromatic nitrogens is 4. The van der Waals surface area contributed by atoms with Crippen molar-refractivity contribution in [3.63, 3.8) is 0 Å². The minimum absolute atomic E-state index is 0.231. The van der Waals surface area contributed by atoms with E-state index in [0.29, 0.717) is 23.4 Å². The van der Waals surface area contributed by atoms with Gasteiger partial charge in [0.15, 0.2) is 0 Å². The minimum atomic E-state index is -0.624. The van der Waals surface area contributed by atoms with Crippen molar-refractivity contribution < 1.29 is 4.79 Å². The van der Waals surface area contributed by atoms with Crippen LogP contribution in [-0.2, 0) is 17.9 Å². The Morgan fingerprint density at radius 3 is 2.54 bits per heavy atom. The summed E-state index contributed by atoms with van der Waals surface area (Å²) in [4.78, 5) is 43.7. The van der Waals surface area contributed by atoms with E-state index in [1.807, 2.05) is 35.8 Å². The predicted octanol–water partition coefficient (Wildman–Crippen LogP) is 2.09. The first kappa shape index (κ1) is 17.7. The van der Waals surface area contributed by atoms with Gasteiger partial charge < -0.3 is 4.57 Å². The number of rotatable bonds is 5. The Morgan fingerprint density at radius 2 is 1.75 bits per heavy atom. The lowest BCUT2D eigenvalue weighted by molar-refractivity contribution is -0.116. The number of imidazole rings is 1. The molecule has 1 amide bonds. The first-order valence-electron chi connectivity index (χ1n) is 9.05. The van der Waals surface area contributed by atoms with Crippen LogP contribution < -0.4 is 16.6 Å². The van der Waals surface area contributed by atoms with Crippen molar-refractivity contribution in [2.45, 2.75) is 26.4 Å². The number of hydrogen-bond donors (Lipinski definition) is 2. The molecule has 8 heteroatoms. The largest absolute Gasteiger partial charge is 0.329 e. The van der Waals surface area contributed by atoms with Crippen molar-refractivity contribution in [1.82, 2.24) is 19.1 Å². The average Bonchev–Trinajstić information content (AvgIpc) is 3.03. The van der Waals surface area contributed by atoms with Crippen LogP contribution in [0.2, 0.25) is 0 Å². The molecule has 0 atom stereocenters. The Bertz CT molecular complexity index is 1300. The smallest absolute Gasteiger partial charge is 0.310 e. The summed E-state index contributed by atoms with van der Waals surface area (Å²) in [6.07, 6.45) is 0.882. The zero-order chi connectivity index (χ0) is 19.7. The second-order valence-electron chi connectivity index (χ2n) is 6.49. The molecule has 2 aromatic carbocycles. The minimum Gasteiger partial charge on any atom is -0.310 e. The number of benzene rings is 2. The van der Waals surface area contributed by atoms with Crippen LogP contribution in [-0.4, -0.2) is 25.0 Å². The summed E-state index contributed by atoms with van der Waals surface area (Å²) in [6.45, 7) is 2.52. The van der Waals surface area contributed by atoms with Gasteiger partial charge in [0.1, 0.15) is 6.54 Å². The molecule has 0 fully saturated rings. The maximum absolute atomic E-state index is 12.7. The highest BCUT2D eigenvalue weighted by atomic mass is 16.2. The second-order valence-corrected chi connectivity index (χ2v) is 6.49. The van der Waals surface area contributed by atoms with Crippen LogP contribution in [0.4, 0.5) is 5.95 Å². The van der Waals surface area contributed by atoms with Gasteiger partial charge in [0.2, 0.25) is 11.9 Å². The van der Waals surface area contributed by atoms with E-state index in [0.717, 1.165) is 17.5 Å². The van der Waals surface area contributed by atoms with Crippen LogP contribution in [0.15, 0.2) is 58.1 Å². The first-order chi connectivity index (χ1) is 13.6. The van der Waals surface area contributed by atoms with Crippen LogP contribution in [0.3, 0.4) is 0 Å². The van der Waals surface area contributed by atoms with Crippen molar-refractivity contribution in [1.29, 1.82) is 0 Å². The van der Waals surface area contributed by atoms with E-state index in [-0.39, 0.29) is 6.54 Å². The molecule has 0 saturated heterocycles. The van der Waals surface area contributed by atoms with E-state index in [1.54, 1.807) is 24.3 Å². The van der Waals surface area contributed by atoms with E-state index in [2.05, 4.69) is 15.3 Å². The van der Waals surface area contributed by atoms with Crippen molar-refractivity contribution in [2.24, 2.45) is 0 Å². The topological polar surface area (TPSA) is 102 Å². The highest BCUT2D eigenvalue weighted by Crippen LogP contribution is 2.20. The molecule has 0 aliphatic carbocycles. The number of nitrogens with one attached hydrogen (secondary N) is 2. The summed E-state index contributed by atoms with van der Waals surface area (Å²) in [5.74, 6) is 0.0433. The number of carbonyl (C=O) groups excluding carboxylic acids is 1. The molecule has 0 aliphatic heterocycles. The van der Waals surface area contributed by atoms with Crippen molar-refractivity contribution in [3.05, 3.63) is 69.4 Å². The van der Waals surface area contributed by atoms with Gasteiger partial charge in [-0.1, -0.05) is 31.2 Å². The van der Waals surface area contributed by atoms with Gasteiger partial charge in [0, 0.05) is 6.54 Å². The van der Waals surface area contributed by atoms with Gasteiger partial charge in [-0.15, -0.1) is 0 Å². The average molecular weight is 377 g/mol. The maximum Gasteiger partial charge on any atom is 0.329 e. The van der Waals surface area contributed by atoms with E-state index >= 15 is 0 Å².